The Hall–Kier alpha value is -1.33. The number of rotatable bonds is 5. The third-order valence-corrected chi connectivity index (χ3v) is 3.26. The summed E-state index contributed by atoms with van der Waals surface area (Å²) in [5.41, 5.74) is 6.06. The van der Waals surface area contributed by atoms with Crippen LogP contribution in [0.15, 0.2) is 18.2 Å². The van der Waals surface area contributed by atoms with E-state index in [-0.39, 0.29) is 23.5 Å². The third-order valence-electron chi connectivity index (χ3n) is 2.74. The van der Waals surface area contributed by atoms with Gasteiger partial charge >= 0.3 is 0 Å². The van der Waals surface area contributed by atoms with Crippen molar-refractivity contribution < 1.29 is 9.53 Å². The van der Waals surface area contributed by atoms with Gasteiger partial charge in [0.1, 0.15) is 10.7 Å². The molecule has 0 heterocycles. The van der Waals surface area contributed by atoms with E-state index in [0.717, 1.165) is 0 Å². The van der Waals surface area contributed by atoms with Gasteiger partial charge in [-0.3, -0.25) is 4.79 Å². The molecule has 1 rings (SSSR count). The van der Waals surface area contributed by atoms with Crippen molar-refractivity contribution in [2.24, 2.45) is 5.73 Å². The van der Waals surface area contributed by atoms with Gasteiger partial charge in [-0.2, -0.15) is 0 Å². The number of thiocarbonyl (C=S) groups is 1. The van der Waals surface area contributed by atoms with E-state index in [9.17, 15) is 4.79 Å². The topological polar surface area (TPSA) is 55.6 Å². The molecular formula is C13H17ClN2O2S. The zero-order chi connectivity index (χ0) is 14.6. The predicted octanol–water partition coefficient (Wildman–Crippen LogP) is 2.22. The zero-order valence-electron chi connectivity index (χ0n) is 11.1. The molecule has 0 aliphatic rings. The first-order chi connectivity index (χ1) is 8.84. The van der Waals surface area contributed by atoms with Crippen molar-refractivity contribution in [3.63, 3.8) is 0 Å². The number of halogens is 1. The van der Waals surface area contributed by atoms with Crippen LogP contribution in [0, 0.1) is 0 Å². The van der Waals surface area contributed by atoms with Crippen LogP contribution in [0.3, 0.4) is 0 Å². The highest BCUT2D eigenvalue weighted by atomic mass is 35.5. The van der Waals surface area contributed by atoms with Crippen LogP contribution in [0.25, 0.3) is 0 Å². The van der Waals surface area contributed by atoms with E-state index in [4.69, 9.17) is 34.3 Å². The molecule has 0 fully saturated rings. The Labute approximate surface area is 123 Å². The maximum Gasteiger partial charge on any atom is 0.260 e. The predicted molar refractivity (Wildman–Crippen MR) is 80.7 cm³/mol. The summed E-state index contributed by atoms with van der Waals surface area (Å²) >= 11 is 10.9. The van der Waals surface area contributed by atoms with E-state index >= 15 is 0 Å². The Bertz CT molecular complexity index is 492. The summed E-state index contributed by atoms with van der Waals surface area (Å²) in [4.78, 5) is 13.6. The molecule has 0 spiro atoms. The van der Waals surface area contributed by atoms with Gasteiger partial charge < -0.3 is 15.4 Å². The standard InChI is InChI=1S/C13H17ClN2O2S/c1-8(2)16(3)11(17)7-18-10-6-4-5-9(14)12(10)13(15)19/h4-6,8H,7H2,1-3H3,(H2,15,19). The van der Waals surface area contributed by atoms with Crippen LogP contribution < -0.4 is 10.5 Å². The van der Waals surface area contributed by atoms with Crippen molar-refractivity contribution in [2.75, 3.05) is 13.7 Å². The SMILES string of the molecule is CC(C)N(C)C(=O)COc1cccc(Cl)c1C(N)=S. The number of benzene rings is 1. The molecule has 104 valence electrons. The highest BCUT2D eigenvalue weighted by Gasteiger charge is 2.15. The molecule has 0 atom stereocenters. The van der Waals surface area contributed by atoms with Gasteiger partial charge in [-0.15, -0.1) is 0 Å². The average Bonchev–Trinajstić information content (AvgIpc) is 2.34. The number of carbonyl (C=O) groups is 1. The second-order valence-corrected chi connectivity index (χ2v) is 5.21. The van der Waals surface area contributed by atoms with Crippen LogP contribution in [-0.4, -0.2) is 35.5 Å². The molecule has 0 radical (unpaired) electrons. The largest absolute Gasteiger partial charge is 0.483 e. The summed E-state index contributed by atoms with van der Waals surface area (Å²) in [5, 5.41) is 0.412. The van der Waals surface area contributed by atoms with Gasteiger partial charge in [0.25, 0.3) is 5.91 Å². The van der Waals surface area contributed by atoms with Crippen molar-refractivity contribution in [1.82, 2.24) is 4.90 Å². The van der Waals surface area contributed by atoms with E-state index in [0.29, 0.717) is 16.3 Å². The molecule has 1 aromatic carbocycles. The van der Waals surface area contributed by atoms with E-state index in [1.807, 2.05) is 13.8 Å². The van der Waals surface area contributed by atoms with Crippen LogP contribution in [-0.2, 0) is 4.79 Å². The summed E-state index contributed by atoms with van der Waals surface area (Å²) in [6.45, 7) is 3.78. The first-order valence-corrected chi connectivity index (χ1v) is 6.60. The second kappa shape index (κ2) is 6.73. The monoisotopic (exact) mass is 300 g/mol. The number of nitrogens with zero attached hydrogens (tertiary/aromatic N) is 1. The van der Waals surface area contributed by atoms with Crippen molar-refractivity contribution in [3.05, 3.63) is 28.8 Å². The zero-order valence-corrected chi connectivity index (χ0v) is 12.7. The van der Waals surface area contributed by atoms with Crippen LogP contribution in [0.2, 0.25) is 5.02 Å². The average molecular weight is 301 g/mol. The molecule has 0 saturated carbocycles. The molecule has 0 unspecified atom stereocenters. The number of hydrogen-bond donors (Lipinski definition) is 1. The maximum absolute atomic E-state index is 11.8. The number of carbonyl (C=O) groups excluding carboxylic acids is 1. The van der Waals surface area contributed by atoms with Crippen molar-refractivity contribution in [3.8, 4) is 5.75 Å². The number of ether oxygens (including phenoxy) is 1. The lowest BCUT2D eigenvalue weighted by atomic mass is 10.2. The number of hydrogen-bond acceptors (Lipinski definition) is 3. The molecular weight excluding hydrogens is 284 g/mol. The van der Waals surface area contributed by atoms with Gasteiger partial charge in [0.05, 0.1) is 10.6 Å². The van der Waals surface area contributed by atoms with Crippen LogP contribution in [0.1, 0.15) is 19.4 Å². The van der Waals surface area contributed by atoms with Gasteiger partial charge in [0.15, 0.2) is 6.61 Å². The Kier molecular flexibility index (Phi) is 5.57. The Balaban J connectivity index is 2.82. The first kappa shape index (κ1) is 15.7. The maximum atomic E-state index is 11.8. The molecule has 0 saturated heterocycles. The van der Waals surface area contributed by atoms with Crippen molar-refractivity contribution in [2.45, 2.75) is 19.9 Å². The lowest BCUT2D eigenvalue weighted by Crippen LogP contribution is -2.36. The van der Waals surface area contributed by atoms with E-state index < -0.39 is 0 Å². The van der Waals surface area contributed by atoms with Crippen molar-refractivity contribution in [1.29, 1.82) is 0 Å². The van der Waals surface area contributed by atoms with Crippen molar-refractivity contribution >= 4 is 34.7 Å². The molecule has 1 aromatic rings. The van der Waals surface area contributed by atoms with Crippen LogP contribution >= 0.6 is 23.8 Å². The Morgan fingerprint density at radius 1 is 1.53 bits per heavy atom. The number of nitrogens with two attached hydrogens (primary N) is 1. The highest BCUT2D eigenvalue weighted by molar-refractivity contribution is 7.80. The lowest BCUT2D eigenvalue weighted by Gasteiger charge is -2.21. The smallest absolute Gasteiger partial charge is 0.260 e. The number of likely N-dealkylation sites (N-methyl/N-ethyl adjacent to an activating group) is 1. The molecule has 0 aliphatic carbocycles. The third kappa shape index (κ3) is 4.08. The Morgan fingerprint density at radius 3 is 2.68 bits per heavy atom. The molecule has 0 aliphatic heterocycles. The molecule has 4 nitrogen and oxygen atoms in total. The summed E-state index contributed by atoms with van der Waals surface area (Å²) in [5.74, 6) is 0.300. The van der Waals surface area contributed by atoms with Gasteiger partial charge in [-0.05, 0) is 26.0 Å². The molecule has 0 aromatic heterocycles. The lowest BCUT2D eigenvalue weighted by molar-refractivity contribution is -0.133. The first-order valence-electron chi connectivity index (χ1n) is 5.81. The minimum absolute atomic E-state index is 0.0787. The summed E-state index contributed by atoms with van der Waals surface area (Å²) in [7, 11) is 1.73. The van der Waals surface area contributed by atoms with Gasteiger partial charge in [0.2, 0.25) is 0 Å². The van der Waals surface area contributed by atoms with E-state index in [2.05, 4.69) is 0 Å². The minimum Gasteiger partial charge on any atom is -0.483 e. The highest BCUT2D eigenvalue weighted by Crippen LogP contribution is 2.26. The molecule has 6 heteroatoms. The summed E-state index contributed by atoms with van der Waals surface area (Å²) < 4.78 is 5.47. The van der Waals surface area contributed by atoms with Gasteiger partial charge in [0, 0.05) is 13.1 Å². The fourth-order valence-corrected chi connectivity index (χ4v) is 1.93. The van der Waals surface area contributed by atoms with Crippen LogP contribution in [0.4, 0.5) is 0 Å². The molecule has 2 N–H and O–H groups in total. The van der Waals surface area contributed by atoms with E-state index in [1.165, 1.54) is 0 Å². The van der Waals surface area contributed by atoms with Crippen LogP contribution in [0.5, 0.6) is 5.75 Å². The second-order valence-electron chi connectivity index (χ2n) is 4.36. The fraction of sp³-hybridized carbons (Fsp3) is 0.385. The summed E-state index contributed by atoms with van der Waals surface area (Å²) in [6.07, 6.45) is 0. The number of amides is 1. The van der Waals surface area contributed by atoms with Gasteiger partial charge in [-0.1, -0.05) is 29.9 Å². The quantitative estimate of drug-likeness (QED) is 0.847. The summed E-state index contributed by atoms with van der Waals surface area (Å²) in [6, 6.07) is 5.19. The fourth-order valence-electron chi connectivity index (χ4n) is 1.39. The normalized spacial score (nSPS) is 10.4. The molecule has 1 amide bonds. The van der Waals surface area contributed by atoms with E-state index in [1.54, 1.807) is 30.1 Å². The molecule has 19 heavy (non-hydrogen) atoms. The van der Waals surface area contributed by atoms with Gasteiger partial charge in [-0.25, -0.2) is 0 Å². The minimum atomic E-state index is -0.121. The Morgan fingerprint density at radius 2 is 2.16 bits per heavy atom. The molecule has 0 bridgehead atoms.